The van der Waals surface area contributed by atoms with E-state index in [1.807, 2.05) is 0 Å². The van der Waals surface area contributed by atoms with Crippen LogP contribution in [0.5, 0.6) is 0 Å². The van der Waals surface area contributed by atoms with Gasteiger partial charge in [-0.1, -0.05) is 30.2 Å². The standard InChI is InChI=1S/C14H16N4O2/c19-13(15-10-5-1-2-6-10)9-18-14(20)11-7-3-4-8-12(11)16-17-18/h3-4,7-8,10H,1-2,5-6,9H2,(H,15,19). The highest BCUT2D eigenvalue weighted by Gasteiger charge is 2.18. The summed E-state index contributed by atoms with van der Waals surface area (Å²) in [6.45, 7) is -0.0762. The summed E-state index contributed by atoms with van der Waals surface area (Å²) in [5.74, 6) is -0.177. The average molecular weight is 272 g/mol. The lowest BCUT2D eigenvalue weighted by molar-refractivity contribution is -0.122. The topological polar surface area (TPSA) is 76.9 Å². The Hall–Kier alpha value is -2.24. The van der Waals surface area contributed by atoms with Gasteiger partial charge in [0, 0.05) is 6.04 Å². The zero-order valence-electron chi connectivity index (χ0n) is 11.1. The fraction of sp³-hybridized carbons (Fsp3) is 0.429. The molecule has 1 fully saturated rings. The number of rotatable bonds is 3. The van der Waals surface area contributed by atoms with E-state index >= 15 is 0 Å². The Morgan fingerprint density at radius 3 is 2.85 bits per heavy atom. The molecule has 0 saturated heterocycles. The molecule has 1 heterocycles. The van der Waals surface area contributed by atoms with Crippen LogP contribution < -0.4 is 10.9 Å². The maximum Gasteiger partial charge on any atom is 0.278 e. The maximum atomic E-state index is 12.2. The van der Waals surface area contributed by atoms with Crippen LogP contribution in [-0.4, -0.2) is 26.9 Å². The van der Waals surface area contributed by atoms with Crippen LogP contribution in [0.3, 0.4) is 0 Å². The fourth-order valence-corrected chi connectivity index (χ4v) is 2.61. The molecule has 0 radical (unpaired) electrons. The number of amides is 1. The molecule has 1 amide bonds. The summed E-state index contributed by atoms with van der Waals surface area (Å²) >= 11 is 0. The molecule has 6 heteroatoms. The number of aromatic nitrogens is 3. The highest BCUT2D eigenvalue weighted by molar-refractivity contribution is 5.78. The summed E-state index contributed by atoms with van der Waals surface area (Å²) in [6, 6.07) is 7.23. The van der Waals surface area contributed by atoms with E-state index in [2.05, 4.69) is 15.6 Å². The smallest absolute Gasteiger partial charge is 0.278 e. The molecule has 1 aliphatic carbocycles. The van der Waals surface area contributed by atoms with Gasteiger partial charge in [-0.2, -0.15) is 0 Å². The number of fused-ring (bicyclic) bond motifs is 1. The van der Waals surface area contributed by atoms with Crippen molar-refractivity contribution in [1.82, 2.24) is 20.3 Å². The summed E-state index contributed by atoms with van der Waals surface area (Å²) in [6.07, 6.45) is 4.34. The van der Waals surface area contributed by atoms with Crippen molar-refractivity contribution in [2.75, 3.05) is 0 Å². The first kappa shape index (κ1) is 12.8. The summed E-state index contributed by atoms with van der Waals surface area (Å²) in [5, 5.41) is 11.2. The summed E-state index contributed by atoms with van der Waals surface area (Å²) in [7, 11) is 0. The highest BCUT2D eigenvalue weighted by Crippen LogP contribution is 2.17. The van der Waals surface area contributed by atoms with E-state index in [1.54, 1.807) is 24.3 Å². The zero-order chi connectivity index (χ0) is 13.9. The molecule has 1 saturated carbocycles. The lowest BCUT2D eigenvalue weighted by Crippen LogP contribution is -2.38. The van der Waals surface area contributed by atoms with Crippen LogP contribution in [0.1, 0.15) is 25.7 Å². The molecule has 0 spiro atoms. The molecule has 0 aliphatic heterocycles. The van der Waals surface area contributed by atoms with E-state index in [1.165, 1.54) is 0 Å². The van der Waals surface area contributed by atoms with Crippen LogP contribution in [0.25, 0.3) is 10.9 Å². The zero-order valence-corrected chi connectivity index (χ0v) is 11.1. The Labute approximate surface area is 115 Å². The molecule has 20 heavy (non-hydrogen) atoms. The predicted octanol–water partition coefficient (Wildman–Crippen LogP) is 0.850. The third-order valence-corrected chi connectivity index (χ3v) is 3.64. The summed E-state index contributed by atoms with van der Waals surface area (Å²) < 4.78 is 1.12. The number of benzene rings is 1. The van der Waals surface area contributed by atoms with E-state index in [9.17, 15) is 9.59 Å². The third-order valence-electron chi connectivity index (χ3n) is 3.64. The van der Waals surface area contributed by atoms with Crippen molar-refractivity contribution in [3.63, 3.8) is 0 Å². The Morgan fingerprint density at radius 2 is 2.05 bits per heavy atom. The lowest BCUT2D eigenvalue weighted by atomic mass is 10.2. The largest absolute Gasteiger partial charge is 0.352 e. The monoisotopic (exact) mass is 272 g/mol. The second-order valence-corrected chi connectivity index (χ2v) is 5.12. The van der Waals surface area contributed by atoms with Crippen LogP contribution in [0.15, 0.2) is 29.1 Å². The minimum absolute atomic E-state index is 0.0762. The van der Waals surface area contributed by atoms with Crippen LogP contribution in [0.2, 0.25) is 0 Å². The molecule has 0 atom stereocenters. The molecule has 1 aromatic carbocycles. The summed E-state index contributed by atoms with van der Waals surface area (Å²) in [5.41, 5.74) is 0.266. The third kappa shape index (κ3) is 2.54. The number of nitrogens with one attached hydrogen (secondary N) is 1. The van der Waals surface area contributed by atoms with Gasteiger partial charge in [0.15, 0.2) is 0 Å². The predicted molar refractivity (Wildman–Crippen MR) is 74.2 cm³/mol. The molecule has 2 aromatic rings. The molecule has 6 nitrogen and oxygen atoms in total. The van der Waals surface area contributed by atoms with Crippen LogP contribution in [0.4, 0.5) is 0 Å². The van der Waals surface area contributed by atoms with E-state index in [0.29, 0.717) is 10.9 Å². The number of carbonyl (C=O) groups excluding carboxylic acids is 1. The van der Waals surface area contributed by atoms with Gasteiger partial charge in [0.25, 0.3) is 5.56 Å². The van der Waals surface area contributed by atoms with Crippen molar-refractivity contribution in [3.8, 4) is 0 Å². The molecule has 1 N–H and O–H groups in total. The van der Waals surface area contributed by atoms with E-state index in [4.69, 9.17) is 0 Å². The van der Waals surface area contributed by atoms with Gasteiger partial charge in [-0.3, -0.25) is 9.59 Å². The van der Waals surface area contributed by atoms with Crippen LogP contribution in [0, 0.1) is 0 Å². The van der Waals surface area contributed by atoms with Gasteiger partial charge < -0.3 is 5.32 Å². The first-order valence-corrected chi connectivity index (χ1v) is 6.86. The average Bonchev–Trinajstić information content (AvgIpc) is 2.95. The number of hydrogen-bond acceptors (Lipinski definition) is 4. The van der Waals surface area contributed by atoms with Crippen LogP contribution in [-0.2, 0) is 11.3 Å². The minimum atomic E-state index is -0.280. The second-order valence-electron chi connectivity index (χ2n) is 5.12. The van der Waals surface area contributed by atoms with Gasteiger partial charge in [0.2, 0.25) is 5.91 Å². The van der Waals surface area contributed by atoms with Crippen LogP contribution >= 0.6 is 0 Å². The molecule has 0 bridgehead atoms. The van der Waals surface area contributed by atoms with Crippen molar-refractivity contribution in [2.45, 2.75) is 38.3 Å². The van der Waals surface area contributed by atoms with Gasteiger partial charge in [-0.25, -0.2) is 4.68 Å². The molecule has 1 aromatic heterocycles. The Bertz CT molecular complexity index is 689. The number of nitrogens with zero attached hydrogens (tertiary/aromatic N) is 3. The number of carbonyl (C=O) groups is 1. The van der Waals surface area contributed by atoms with Gasteiger partial charge in [0.1, 0.15) is 12.1 Å². The van der Waals surface area contributed by atoms with E-state index in [0.717, 1.165) is 30.4 Å². The SMILES string of the molecule is O=C(Cn1nnc2ccccc2c1=O)NC1CCCC1. The minimum Gasteiger partial charge on any atom is -0.352 e. The Morgan fingerprint density at radius 1 is 1.30 bits per heavy atom. The Kier molecular flexibility index (Phi) is 3.45. The molecular formula is C14H16N4O2. The second kappa shape index (κ2) is 5.40. The fourth-order valence-electron chi connectivity index (χ4n) is 2.61. The maximum absolute atomic E-state index is 12.2. The molecule has 3 rings (SSSR count). The molecular weight excluding hydrogens is 256 g/mol. The Balaban J connectivity index is 1.78. The quantitative estimate of drug-likeness (QED) is 0.898. The number of hydrogen-bond donors (Lipinski definition) is 1. The van der Waals surface area contributed by atoms with Gasteiger partial charge >= 0.3 is 0 Å². The first-order chi connectivity index (χ1) is 9.74. The van der Waals surface area contributed by atoms with E-state index in [-0.39, 0.29) is 24.1 Å². The van der Waals surface area contributed by atoms with Crippen molar-refractivity contribution in [1.29, 1.82) is 0 Å². The summed E-state index contributed by atoms with van der Waals surface area (Å²) in [4.78, 5) is 24.1. The first-order valence-electron chi connectivity index (χ1n) is 6.86. The molecule has 1 aliphatic rings. The normalized spacial score (nSPS) is 15.6. The van der Waals surface area contributed by atoms with Gasteiger partial charge in [-0.05, 0) is 25.0 Å². The van der Waals surface area contributed by atoms with Crippen molar-refractivity contribution >= 4 is 16.8 Å². The lowest BCUT2D eigenvalue weighted by Gasteiger charge is -2.12. The molecule has 0 unspecified atom stereocenters. The van der Waals surface area contributed by atoms with Gasteiger partial charge in [-0.15, -0.1) is 5.10 Å². The van der Waals surface area contributed by atoms with Crippen molar-refractivity contribution in [3.05, 3.63) is 34.6 Å². The van der Waals surface area contributed by atoms with Crippen molar-refractivity contribution < 1.29 is 4.79 Å². The highest BCUT2D eigenvalue weighted by atomic mass is 16.2. The van der Waals surface area contributed by atoms with Gasteiger partial charge in [0.05, 0.1) is 5.39 Å². The molecule has 104 valence electrons. The van der Waals surface area contributed by atoms with Crippen molar-refractivity contribution in [2.24, 2.45) is 0 Å². The van der Waals surface area contributed by atoms with E-state index < -0.39 is 0 Å².